The number of ether oxygens (including phenoxy) is 1. The second kappa shape index (κ2) is 6.08. The Balaban J connectivity index is 2.67. The van der Waals surface area contributed by atoms with Gasteiger partial charge in [0, 0.05) is 18.6 Å². The fraction of sp³-hybridized carbons (Fsp3) is 0.364. The van der Waals surface area contributed by atoms with Gasteiger partial charge >= 0.3 is 5.97 Å². The van der Waals surface area contributed by atoms with Gasteiger partial charge in [-0.25, -0.2) is 4.79 Å². The molecule has 1 aromatic rings. The molecule has 1 rings (SSSR count). The summed E-state index contributed by atoms with van der Waals surface area (Å²) in [6.07, 6.45) is -2.96. The number of methoxy groups -OCH3 is 1. The van der Waals surface area contributed by atoms with Crippen LogP contribution in [0.15, 0.2) is 24.3 Å². The highest BCUT2D eigenvalue weighted by atomic mass is 16.6. The van der Waals surface area contributed by atoms with Crippen molar-refractivity contribution in [3.05, 3.63) is 39.9 Å². The first-order chi connectivity index (χ1) is 8.45. The minimum absolute atomic E-state index is 0.00569. The van der Waals surface area contributed by atoms with E-state index in [2.05, 4.69) is 4.74 Å². The molecule has 2 atom stereocenters. The van der Waals surface area contributed by atoms with Crippen molar-refractivity contribution in [2.75, 3.05) is 7.11 Å². The molecule has 0 aliphatic rings. The van der Waals surface area contributed by atoms with Gasteiger partial charge in [0.05, 0.1) is 18.1 Å². The van der Waals surface area contributed by atoms with Crippen LogP contribution in [0.4, 0.5) is 5.69 Å². The fourth-order valence-corrected chi connectivity index (χ4v) is 1.38. The van der Waals surface area contributed by atoms with Gasteiger partial charge in [0.2, 0.25) is 0 Å². The van der Waals surface area contributed by atoms with E-state index < -0.39 is 23.1 Å². The summed E-state index contributed by atoms with van der Waals surface area (Å²) in [6, 6.07) is 5.47. The standard InChI is InChI=1S/C11H13NO6/c1-18-11(15)10(14)9(13)6-7-2-4-8(5-3-7)12(16)17/h2-5,9-10,13-14H,6H2,1H3/t9-,10-/m1/s1. The third-order valence-corrected chi connectivity index (χ3v) is 2.40. The van der Waals surface area contributed by atoms with E-state index in [1.807, 2.05) is 0 Å². The number of aliphatic hydroxyl groups is 2. The second-order valence-corrected chi connectivity index (χ2v) is 3.66. The molecule has 7 heteroatoms. The molecular formula is C11H13NO6. The number of carbonyl (C=O) groups excluding carboxylic acids is 1. The first kappa shape index (κ1) is 14.1. The molecule has 0 aliphatic heterocycles. The summed E-state index contributed by atoms with van der Waals surface area (Å²) >= 11 is 0. The van der Waals surface area contributed by atoms with Crippen molar-refractivity contribution in [2.24, 2.45) is 0 Å². The Labute approximate surface area is 103 Å². The highest BCUT2D eigenvalue weighted by Gasteiger charge is 2.25. The third-order valence-electron chi connectivity index (χ3n) is 2.40. The van der Waals surface area contributed by atoms with Gasteiger partial charge in [-0.3, -0.25) is 10.1 Å². The molecule has 0 saturated heterocycles. The Bertz CT molecular complexity index is 430. The number of hydrogen-bond donors (Lipinski definition) is 2. The Morgan fingerprint density at radius 2 is 1.94 bits per heavy atom. The minimum atomic E-state index is -1.63. The summed E-state index contributed by atoms with van der Waals surface area (Å²) < 4.78 is 4.28. The molecule has 0 amide bonds. The number of hydrogen-bond acceptors (Lipinski definition) is 6. The molecular weight excluding hydrogens is 242 g/mol. The predicted octanol–water partition coefficient (Wildman–Crippen LogP) is 0.0321. The number of carbonyl (C=O) groups is 1. The predicted molar refractivity (Wildman–Crippen MR) is 60.8 cm³/mol. The summed E-state index contributed by atoms with van der Waals surface area (Å²) in [5.74, 6) is -0.926. The quantitative estimate of drug-likeness (QED) is 0.436. The third kappa shape index (κ3) is 3.51. The van der Waals surface area contributed by atoms with Gasteiger partial charge in [-0.2, -0.15) is 0 Å². The number of non-ortho nitro benzene ring substituents is 1. The molecule has 18 heavy (non-hydrogen) atoms. The van der Waals surface area contributed by atoms with Crippen molar-refractivity contribution in [3.63, 3.8) is 0 Å². The van der Waals surface area contributed by atoms with Gasteiger partial charge in [0.25, 0.3) is 5.69 Å². The summed E-state index contributed by atoms with van der Waals surface area (Å²) in [7, 11) is 1.10. The topological polar surface area (TPSA) is 110 Å². The molecule has 2 N–H and O–H groups in total. The molecule has 98 valence electrons. The maximum Gasteiger partial charge on any atom is 0.337 e. The molecule has 0 aliphatic carbocycles. The Kier molecular flexibility index (Phi) is 4.75. The number of nitro groups is 1. The normalized spacial score (nSPS) is 13.7. The maximum absolute atomic E-state index is 11.0. The van der Waals surface area contributed by atoms with E-state index in [0.717, 1.165) is 7.11 Å². The molecule has 0 bridgehead atoms. The van der Waals surface area contributed by atoms with Gasteiger partial charge in [0.1, 0.15) is 0 Å². The molecule has 1 aromatic carbocycles. The zero-order valence-corrected chi connectivity index (χ0v) is 9.65. The first-order valence-corrected chi connectivity index (χ1v) is 5.13. The van der Waals surface area contributed by atoms with Crippen LogP contribution >= 0.6 is 0 Å². The van der Waals surface area contributed by atoms with Gasteiger partial charge in [0.15, 0.2) is 6.10 Å². The first-order valence-electron chi connectivity index (χ1n) is 5.13. The van der Waals surface area contributed by atoms with E-state index in [1.165, 1.54) is 24.3 Å². The molecule has 7 nitrogen and oxygen atoms in total. The van der Waals surface area contributed by atoms with Crippen LogP contribution in [0.2, 0.25) is 0 Å². The lowest BCUT2D eigenvalue weighted by molar-refractivity contribution is -0.384. The largest absolute Gasteiger partial charge is 0.467 e. The number of aliphatic hydroxyl groups excluding tert-OH is 2. The van der Waals surface area contributed by atoms with Gasteiger partial charge in [-0.05, 0) is 5.56 Å². The van der Waals surface area contributed by atoms with Crippen LogP contribution in [0.25, 0.3) is 0 Å². The number of nitrogens with zero attached hydrogens (tertiary/aromatic N) is 1. The van der Waals surface area contributed by atoms with E-state index in [1.54, 1.807) is 0 Å². The smallest absolute Gasteiger partial charge is 0.337 e. The van der Waals surface area contributed by atoms with E-state index >= 15 is 0 Å². The fourth-order valence-electron chi connectivity index (χ4n) is 1.38. The highest BCUT2D eigenvalue weighted by Crippen LogP contribution is 2.14. The van der Waals surface area contributed by atoms with E-state index in [9.17, 15) is 25.1 Å². The lowest BCUT2D eigenvalue weighted by Gasteiger charge is -2.15. The summed E-state index contributed by atoms with van der Waals surface area (Å²) in [4.78, 5) is 20.9. The van der Waals surface area contributed by atoms with Gasteiger partial charge in [-0.15, -0.1) is 0 Å². The van der Waals surface area contributed by atoms with Crippen LogP contribution in [0.3, 0.4) is 0 Å². The van der Waals surface area contributed by atoms with Crippen molar-refractivity contribution in [3.8, 4) is 0 Å². The van der Waals surface area contributed by atoms with Gasteiger partial charge < -0.3 is 14.9 Å². The Morgan fingerprint density at radius 3 is 2.39 bits per heavy atom. The maximum atomic E-state index is 11.0. The zero-order valence-electron chi connectivity index (χ0n) is 9.65. The summed E-state index contributed by atoms with van der Waals surface area (Å²) in [5.41, 5.74) is 0.498. The number of rotatable bonds is 5. The van der Waals surface area contributed by atoms with Crippen molar-refractivity contribution in [1.82, 2.24) is 0 Å². The van der Waals surface area contributed by atoms with Crippen molar-refractivity contribution < 1.29 is 24.7 Å². The van der Waals surface area contributed by atoms with Gasteiger partial charge in [-0.1, -0.05) is 12.1 Å². The van der Waals surface area contributed by atoms with Crippen molar-refractivity contribution in [1.29, 1.82) is 0 Å². The molecule has 0 fully saturated rings. The highest BCUT2D eigenvalue weighted by molar-refractivity contribution is 5.74. The van der Waals surface area contributed by atoms with E-state index in [-0.39, 0.29) is 12.1 Å². The number of nitro benzene ring substituents is 1. The number of esters is 1. The minimum Gasteiger partial charge on any atom is -0.467 e. The monoisotopic (exact) mass is 255 g/mol. The SMILES string of the molecule is COC(=O)[C@H](O)[C@H](O)Cc1ccc([N+](=O)[O-])cc1. The average molecular weight is 255 g/mol. The Morgan fingerprint density at radius 1 is 1.39 bits per heavy atom. The molecule has 0 radical (unpaired) electrons. The lowest BCUT2D eigenvalue weighted by Crippen LogP contribution is -2.36. The lowest BCUT2D eigenvalue weighted by atomic mass is 10.0. The van der Waals surface area contributed by atoms with Crippen molar-refractivity contribution >= 4 is 11.7 Å². The zero-order chi connectivity index (χ0) is 13.7. The molecule has 0 heterocycles. The van der Waals surface area contributed by atoms with Crippen LogP contribution in [-0.4, -0.2) is 40.4 Å². The second-order valence-electron chi connectivity index (χ2n) is 3.66. The van der Waals surface area contributed by atoms with Crippen LogP contribution in [-0.2, 0) is 16.0 Å². The average Bonchev–Trinajstić information content (AvgIpc) is 2.37. The van der Waals surface area contributed by atoms with Crippen molar-refractivity contribution in [2.45, 2.75) is 18.6 Å². The van der Waals surface area contributed by atoms with Crippen LogP contribution in [0.5, 0.6) is 0 Å². The van der Waals surface area contributed by atoms with E-state index in [4.69, 9.17) is 0 Å². The Hall–Kier alpha value is -1.99. The van der Waals surface area contributed by atoms with Crippen LogP contribution in [0, 0.1) is 10.1 Å². The molecule has 0 spiro atoms. The van der Waals surface area contributed by atoms with E-state index in [0.29, 0.717) is 5.56 Å². The molecule has 0 aromatic heterocycles. The van der Waals surface area contributed by atoms with Crippen LogP contribution in [0.1, 0.15) is 5.56 Å². The molecule has 0 unspecified atom stereocenters. The van der Waals surface area contributed by atoms with Crippen LogP contribution < -0.4 is 0 Å². The summed E-state index contributed by atoms with van der Waals surface area (Å²) in [5, 5.41) is 29.3. The number of benzene rings is 1. The summed E-state index contributed by atoms with van der Waals surface area (Å²) in [6.45, 7) is 0. The molecule has 0 saturated carbocycles.